The highest BCUT2D eigenvalue weighted by Gasteiger charge is 2.15. The van der Waals surface area contributed by atoms with E-state index < -0.39 is 0 Å². The molecule has 0 radical (unpaired) electrons. The molecule has 0 aromatic heterocycles. The molecule has 3 rings (SSSR count). The predicted molar refractivity (Wildman–Crippen MR) is 111 cm³/mol. The third-order valence-corrected chi connectivity index (χ3v) is 6.19. The molecule has 0 heterocycles. The molecule has 26 heavy (non-hydrogen) atoms. The van der Waals surface area contributed by atoms with Gasteiger partial charge >= 0.3 is 0 Å². The van der Waals surface area contributed by atoms with E-state index >= 15 is 0 Å². The molecular formula is C25H36O. The van der Waals surface area contributed by atoms with E-state index in [4.69, 9.17) is 4.74 Å². The lowest BCUT2D eigenvalue weighted by Gasteiger charge is -2.22. The van der Waals surface area contributed by atoms with Crippen molar-refractivity contribution < 1.29 is 4.74 Å². The monoisotopic (exact) mass is 352 g/mol. The normalized spacial score (nSPS) is 20.6. The fraction of sp³-hybridized carbons (Fsp3) is 0.600. The Morgan fingerprint density at radius 3 is 2.23 bits per heavy atom. The van der Waals surface area contributed by atoms with Crippen LogP contribution in [0.3, 0.4) is 0 Å². The third kappa shape index (κ3) is 6.04. The molecule has 0 N–H and O–H groups in total. The van der Waals surface area contributed by atoms with Crippen LogP contribution in [0.15, 0.2) is 48.3 Å². The van der Waals surface area contributed by atoms with Crippen LogP contribution in [-0.4, -0.2) is 6.61 Å². The first-order chi connectivity index (χ1) is 12.8. The smallest absolute Gasteiger partial charge is 0.114 e. The molecule has 1 aromatic carbocycles. The first-order valence-electron chi connectivity index (χ1n) is 10.9. The van der Waals surface area contributed by atoms with Crippen molar-refractivity contribution in [1.29, 1.82) is 0 Å². The maximum absolute atomic E-state index is 6.04. The van der Waals surface area contributed by atoms with E-state index in [0.29, 0.717) is 0 Å². The summed E-state index contributed by atoms with van der Waals surface area (Å²) >= 11 is 0. The summed E-state index contributed by atoms with van der Waals surface area (Å²) in [6, 6.07) is 9.34. The highest BCUT2D eigenvalue weighted by Crippen LogP contribution is 2.32. The summed E-state index contributed by atoms with van der Waals surface area (Å²) in [6.45, 7) is 2.96. The number of hydrogen-bond donors (Lipinski definition) is 0. The van der Waals surface area contributed by atoms with Gasteiger partial charge in [-0.1, -0.05) is 68.9 Å². The van der Waals surface area contributed by atoms with E-state index in [-0.39, 0.29) is 0 Å². The van der Waals surface area contributed by atoms with Gasteiger partial charge in [0.2, 0.25) is 0 Å². The zero-order valence-corrected chi connectivity index (χ0v) is 16.6. The number of rotatable bonds is 7. The maximum atomic E-state index is 6.04. The van der Waals surface area contributed by atoms with Crippen molar-refractivity contribution in [1.82, 2.24) is 0 Å². The van der Waals surface area contributed by atoms with Crippen LogP contribution >= 0.6 is 0 Å². The van der Waals surface area contributed by atoms with Gasteiger partial charge in [-0.2, -0.15) is 0 Å². The summed E-state index contributed by atoms with van der Waals surface area (Å²) < 4.78 is 6.04. The van der Waals surface area contributed by atoms with Crippen molar-refractivity contribution in [2.75, 3.05) is 6.61 Å². The molecule has 2 saturated carbocycles. The summed E-state index contributed by atoms with van der Waals surface area (Å²) in [5.41, 5.74) is 2.94. The molecule has 0 bridgehead atoms. The summed E-state index contributed by atoms with van der Waals surface area (Å²) in [4.78, 5) is 0. The van der Waals surface area contributed by atoms with Crippen LogP contribution in [0.25, 0.3) is 0 Å². The van der Waals surface area contributed by atoms with Gasteiger partial charge in [0, 0.05) is 0 Å². The third-order valence-electron chi connectivity index (χ3n) is 6.19. The average Bonchev–Trinajstić information content (AvgIpc) is 2.72. The Kier molecular flexibility index (Phi) is 7.86. The summed E-state index contributed by atoms with van der Waals surface area (Å²) in [7, 11) is 0. The van der Waals surface area contributed by atoms with Crippen molar-refractivity contribution in [3.8, 4) is 0 Å². The lowest BCUT2D eigenvalue weighted by molar-refractivity contribution is 0.149. The van der Waals surface area contributed by atoms with Gasteiger partial charge in [-0.15, -0.1) is 0 Å². The molecule has 0 saturated heterocycles. The molecule has 2 aliphatic rings. The molecule has 1 heteroatoms. The first kappa shape index (κ1) is 19.3. The van der Waals surface area contributed by atoms with Crippen LogP contribution in [0, 0.1) is 5.92 Å². The number of allylic oxidation sites excluding steroid dienone is 3. The maximum Gasteiger partial charge on any atom is 0.114 e. The van der Waals surface area contributed by atoms with E-state index in [2.05, 4.69) is 49.4 Å². The number of hydrogen-bond acceptors (Lipinski definition) is 1. The van der Waals surface area contributed by atoms with Crippen molar-refractivity contribution >= 4 is 0 Å². The molecule has 1 nitrogen and oxygen atoms in total. The van der Waals surface area contributed by atoms with Crippen molar-refractivity contribution in [2.24, 2.45) is 5.92 Å². The van der Waals surface area contributed by atoms with Crippen LogP contribution < -0.4 is 0 Å². The summed E-state index contributed by atoms with van der Waals surface area (Å²) in [5, 5.41) is 0. The Hall–Kier alpha value is -1.50. The van der Waals surface area contributed by atoms with E-state index in [1.165, 1.54) is 69.8 Å². The molecule has 0 aliphatic heterocycles. The average molecular weight is 353 g/mol. The minimum atomic E-state index is 0.763. The van der Waals surface area contributed by atoms with Gasteiger partial charge in [0.25, 0.3) is 0 Å². The Labute approximate surface area is 160 Å². The van der Waals surface area contributed by atoms with Crippen LogP contribution in [0.4, 0.5) is 0 Å². The zero-order chi connectivity index (χ0) is 18.0. The second-order valence-corrected chi connectivity index (χ2v) is 8.19. The Bertz CT molecular complexity index is 569. The molecule has 1 aromatic rings. The van der Waals surface area contributed by atoms with Crippen molar-refractivity contribution in [2.45, 2.75) is 83.5 Å². The van der Waals surface area contributed by atoms with Gasteiger partial charge in [0.15, 0.2) is 0 Å². The van der Waals surface area contributed by atoms with Gasteiger partial charge in [0.05, 0.1) is 6.61 Å². The lowest BCUT2D eigenvalue weighted by Crippen LogP contribution is -2.12. The molecule has 0 amide bonds. The Balaban J connectivity index is 1.44. The van der Waals surface area contributed by atoms with E-state index in [9.17, 15) is 0 Å². The standard InChI is InChI=1S/C25H36O/c1-2-25(26-20-22-10-5-3-6-11-22)15-9-12-21-16-18-24(19-17-21)23-13-7-4-8-14-23/h2,9,15-19,22-23H,3-8,10-14,20H2,1H3/b15-9-,25-2+. The van der Waals surface area contributed by atoms with Crippen molar-refractivity contribution in [3.05, 3.63) is 59.4 Å². The molecule has 2 fully saturated rings. The Morgan fingerprint density at radius 2 is 1.58 bits per heavy atom. The number of ether oxygens (including phenoxy) is 1. The molecule has 0 unspecified atom stereocenters. The zero-order valence-electron chi connectivity index (χ0n) is 16.6. The van der Waals surface area contributed by atoms with E-state index in [1.54, 1.807) is 5.56 Å². The van der Waals surface area contributed by atoms with Gasteiger partial charge in [0.1, 0.15) is 5.76 Å². The van der Waals surface area contributed by atoms with E-state index in [0.717, 1.165) is 30.6 Å². The number of benzene rings is 1. The Morgan fingerprint density at radius 1 is 0.923 bits per heavy atom. The minimum Gasteiger partial charge on any atom is -0.494 e. The molecular weight excluding hydrogens is 316 g/mol. The molecule has 0 spiro atoms. The van der Waals surface area contributed by atoms with Crippen LogP contribution in [0.1, 0.15) is 88.2 Å². The predicted octanol–water partition coefficient (Wildman–Crippen LogP) is 7.33. The topological polar surface area (TPSA) is 9.23 Å². The van der Waals surface area contributed by atoms with Gasteiger partial charge in [-0.25, -0.2) is 0 Å². The lowest BCUT2D eigenvalue weighted by atomic mass is 9.84. The SMILES string of the molecule is C/C=C(\C=C/Cc1ccc(C2CCCCC2)cc1)OCC1CCCCC1. The van der Waals surface area contributed by atoms with Gasteiger partial charge < -0.3 is 4.74 Å². The minimum absolute atomic E-state index is 0.763. The first-order valence-corrected chi connectivity index (χ1v) is 10.9. The van der Waals surface area contributed by atoms with Crippen molar-refractivity contribution in [3.63, 3.8) is 0 Å². The van der Waals surface area contributed by atoms with Crippen LogP contribution in [-0.2, 0) is 11.2 Å². The quantitative estimate of drug-likeness (QED) is 0.368. The molecule has 2 aliphatic carbocycles. The fourth-order valence-corrected chi connectivity index (χ4v) is 4.47. The van der Waals surface area contributed by atoms with E-state index in [1.807, 2.05) is 0 Å². The fourth-order valence-electron chi connectivity index (χ4n) is 4.47. The highest BCUT2D eigenvalue weighted by molar-refractivity contribution is 5.27. The second-order valence-electron chi connectivity index (χ2n) is 8.19. The van der Waals surface area contributed by atoms with Crippen LogP contribution in [0.5, 0.6) is 0 Å². The molecule has 142 valence electrons. The van der Waals surface area contributed by atoms with Crippen LogP contribution in [0.2, 0.25) is 0 Å². The second kappa shape index (κ2) is 10.6. The summed E-state index contributed by atoms with van der Waals surface area (Å²) in [6.07, 6.45) is 21.3. The van der Waals surface area contributed by atoms with Gasteiger partial charge in [-0.3, -0.25) is 0 Å². The highest BCUT2D eigenvalue weighted by atomic mass is 16.5. The summed E-state index contributed by atoms with van der Waals surface area (Å²) in [5.74, 6) is 2.59. The molecule has 0 atom stereocenters. The largest absolute Gasteiger partial charge is 0.494 e. The van der Waals surface area contributed by atoms with Gasteiger partial charge in [-0.05, 0) is 74.1 Å².